The van der Waals surface area contributed by atoms with Crippen LogP contribution >= 0.6 is 11.6 Å². The maximum Gasteiger partial charge on any atom is 0.289 e. The summed E-state index contributed by atoms with van der Waals surface area (Å²) in [6.45, 7) is 1.55. The Morgan fingerprint density at radius 1 is 1.40 bits per heavy atom. The smallest absolute Gasteiger partial charge is 0.289 e. The van der Waals surface area contributed by atoms with Crippen molar-refractivity contribution < 1.29 is 9.72 Å². The second-order valence-corrected chi connectivity index (χ2v) is 6.31. The van der Waals surface area contributed by atoms with Gasteiger partial charge in [0.25, 0.3) is 11.2 Å². The van der Waals surface area contributed by atoms with Gasteiger partial charge in [-0.25, -0.2) is 4.68 Å². The number of halogens is 1. The minimum absolute atomic E-state index is 0.0222. The number of nitro groups is 1. The van der Waals surface area contributed by atoms with E-state index < -0.39 is 16.9 Å². The highest BCUT2D eigenvalue weighted by molar-refractivity contribution is 6.32. The fourth-order valence-electron chi connectivity index (χ4n) is 2.40. The van der Waals surface area contributed by atoms with Gasteiger partial charge in [0.2, 0.25) is 5.91 Å². The first-order valence-corrected chi connectivity index (χ1v) is 8.09. The Hall–Kier alpha value is -2.74. The van der Waals surface area contributed by atoms with Crippen molar-refractivity contribution in [3.63, 3.8) is 0 Å². The van der Waals surface area contributed by atoms with Gasteiger partial charge in [0.05, 0.1) is 10.6 Å². The van der Waals surface area contributed by atoms with E-state index in [-0.39, 0.29) is 22.0 Å². The van der Waals surface area contributed by atoms with Gasteiger partial charge in [-0.05, 0) is 38.0 Å². The van der Waals surface area contributed by atoms with E-state index in [2.05, 4.69) is 10.4 Å². The number of nitrogens with zero attached hydrogens (tertiary/aromatic N) is 3. The van der Waals surface area contributed by atoms with Crippen LogP contribution in [0.1, 0.15) is 37.4 Å². The number of nitrogens with one attached hydrogen (secondary N) is 1. The second-order valence-electron chi connectivity index (χ2n) is 5.90. The second kappa shape index (κ2) is 6.64. The van der Waals surface area contributed by atoms with E-state index in [1.165, 1.54) is 24.3 Å². The number of aromatic nitrogens is 2. The van der Waals surface area contributed by atoms with Crippen molar-refractivity contribution in [3.05, 3.63) is 61.5 Å². The number of hydrogen-bond donors (Lipinski definition) is 1. The molecule has 0 radical (unpaired) electrons. The molecule has 1 saturated carbocycles. The van der Waals surface area contributed by atoms with Crippen LogP contribution in [0.3, 0.4) is 0 Å². The van der Waals surface area contributed by atoms with Gasteiger partial charge >= 0.3 is 0 Å². The molecule has 2 aromatic rings. The van der Waals surface area contributed by atoms with Crippen LogP contribution < -0.4 is 10.9 Å². The first-order valence-electron chi connectivity index (χ1n) is 7.71. The van der Waals surface area contributed by atoms with Crippen LogP contribution in [0, 0.1) is 10.1 Å². The molecule has 1 aliphatic rings. The maximum absolute atomic E-state index is 12.4. The molecule has 1 amide bonds. The number of hydrogen-bond acceptors (Lipinski definition) is 5. The summed E-state index contributed by atoms with van der Waals surface area (Å²) in [6, 6.07) is 6.18. The molecule has 1 N–H and O–H groups in total. The van der Waals surface area contributed by atoms with Gasteiger partial charge < -0.3 is 5.32 Å². The standard InChI is InChI=1S/C16H15ClN4O4/c1-9(20-15(22)7-6-13(19-20)10-2-3-10)16(23)18-11-4-5-12(17)14(8-11)21(24)25/h4-10H,2-3H2,1H3,(H,18,23). The van der Waals surface area contributed by atoms with Crippen molar-refractivity contribution in [1.29, 1.82) is 0 Å². The van der Waals surface area contributed by atoms with Crippen LogP contribution in [0.4, 0.5) is 11.4 Å². The van der Waals surface area contributed by atoms with Gasteiger partial charge in [0.1, 0.15) is 11.1 Å². The third-order valence-corrected chi connectivity index (χ3v) is 4.32. The average molecular weight is 363 g/mol. The van der Waals surface area contributed by atoms with Crippen molar-refractivity contribution in [2.45, 2.75) is 31.7 Å². The number of nitro benzene ring substituents is 1. The number of carbonyl (C=O) groups excluding carboxylic acids is 1. The lowest BCUT2D eigenvalue weighted by molar-refractivity contribution is -0.384. The summed E-state index contributed by atoms with van der Waals surface area (Å²) in [5, 5.41) is 17.7. The predicted molar refractivity (Wildman–Crippen MR) is 91.9 cm³/mol. The van der Waals surface area contributed by atoms with Gasteiger partial charge in [-0.15, -0.1) is 0 Å². The minimum atomic E-state index is -0.860. The zero-order valence-corrected chi connectivity index (χ0v) is 14.1. The van der Waals surface area contributed by atoms with Crippen LogP contribution in [0.5, 0.6) is 0 Å². The zero-order chi connectivity index (χ0) is 18.1. The van der Waals surface area contributed by atoms with E-state index in [0.717, 1.165) is 23.2 Å². The van der Waals surface area contributed by atoms with E-state index in [1.807, 2.05) is 0 Å². The number of rotatable bonds is 5. The van der Waals surface area contributed by atoms with E-state index in [4.69, 9.17) is 11.6 Å². The van der Waals surface area contributed by atoms with Gasteiger partial charge in [0.15, 0.2) is 0 Å². The van der Waals surface area contributed by atoms with Crippen LogP contribution in [0.15, 0.2) is 35.1 Å². The molecule has 1 aromatic heterocycles. The first-order chi connectivity index (χ1) is 11.9. The average Bonchev–Trinajstić information content (AvgIpc) is 3.41. The molecule has 1 fully saturated rings. The van der Waals surface area contributed by atoms with Crippen LogP contribution in [0.25, 0.3) is 0 Å². The van der Waals surface area contributed by atoms with Crippen LogP contribution in [-0.4, -0.2) is 20.6 Å². The third-order valence-electron chi connectivity index (χ3n) is 4.00. The summed E-state index contributed by atoms with van der Waals surface area (Å²) < 4.78 is 1.13. The van der Waals surface area contributed by atoms with Crippen molar-refractivity contribution in [2.24, 2.45) is 0 Å². The Labute approximate surface area is 147 Å². The van der Waals surface area contributed by atoms with Crippen LogP contribution in [-0.2, 0) is 4.79 Å². The van der Waals surface area contributed by atoms with Crippen LogP contribution in [0.2, 0.25) is 5.02 Å². The number of carbonyl (C=O) groups is 1. The molecule has 1 aromatic carbocycles. The Morgan fingerprint density at radius 3 is 2.76 bits per heavy atom. The molecule has 0 aliphatic heterocycles. The maximum atomic E-state index is 12.4. The first kappa shape index (κ1) is 17.1. The molecule has 1 atom stereocenters. The summed E-state index contributed by atoms with van der Waals surface area (Å²) in [6.07, 6.45) is 2.06. The SMILES string of the molecule is CC(C(=O)Nc1ccc(Cl)c([N+](=O)[O-])c1)n1nc(C2CC2)ccc1=O. The number of benzene rings is 1. The molecule has 130 valence electrons. The number of anilines is 1. The fraction of sp³-hybridized carbons (Fsp3) is 0.312. The summed E-state index contributed by atoms with van der Waals surface area (Å²) in [4.78, 5) is 34.7. The number of amides is 1. The lowest BCUT2D eigenvalue weighted by atomic mass is 10.2. The molecule has 1 aliphatic carbocycles. The summed E-state index contributed by atoms with van der Waals surface area (Å²) in [7, 11) is 0. The highest BCUT2D eigenvalue weighted by Crippen LogP contribution is 2.38. The largest absolute Gasteiger partial charge is 0.324 e. The Kier molecular flexibility index (Phi) is 4.54. The lowest BCUT2D eigenvalue weighted by Crippen LogP contribution is -2.33. The molecule has 3 rings (SSSR count). The topological polar surface area (TPSA) is 107 Å². The fourth-order valence-corrected chi connectivity index (χ4v) is 2.59. The summed E-state index contributed by atoms with van der Waals surface area (Å²) in [5.41, 5.74) is 0.327. The van der Waals surface area contributed by atoms with E-state index >= 15 is 0 Å². The van der Waals surface area contributed by atoms with Gasteiger partial charge in [-0.3, -0.25) is 19.7 Å². The highest BCUT2D eigenvalue weighted by Gasteiger charge is 2.27. The van der Waals surface area contributed by atoms with Crippen molar-refractivity contribution in [1.82, 2.24) is 9.78 Å². The monoisotopic (exact) mass is 362 g/mol. The van der Waals surface area contributed by atoms with E-state index in [0.29, 0.717) is 5.92 Å². The minimum Gasteiger partial charge on any atom is -0.324 e. The quantitative estimate of drug-likeness (QED) is 0.650. The molecular weight excluding hydrogens is 348 g/mol. The molecule has 0 bridgehead atoms. The molecule has 1 heterocycles. The van der Waals surface area contributed by atoms with Gasteiger partial charge in [-0.1, -0.05) is 11.6 Å². The van der Waals surface area contributed by atoms with Gasteiger partial charge in [0, 0.05) is 23.7 Å². The van der Waals surface area contributed by atoms with Crippen molar-refractivity contribution in [3.8, 4) is 0 Å². The Balaban J connectivity index is 1.81. The zero-order valence-electron chi connectivity index (χ0n) is 13.3. The molecule has 0 spiro atoms. The Bertz CT molecular complexity index is 907. The third kappa shape index (κ3) is 3.69. The molecular formula is C16H15ClN4O4. The Morgan fingerprint density at radius 2 is 2.12 bits per heavy atom. The summed E-state index contributed by atoms with van der Waals surface area (Å²) in [5.74, 6) is -0.153. The van der Waals surface area contributed by atoms with Crippen molar-refractivity contribution >= 4 is 28.9 Å². The van der Waals surface area contributed by atoms with E-state index in [9.17, 15) is 19.7 Å². The lowest BCUT2D eigenvalue weighted by Gasteiger charge is -2.15. The predicted octanol–water partition coefficient (Wildman–Crippen LogP) is 2.88. The molecule has 9 heteroatoms. The molecule has 25 heavy (non-hydrogen) atoms. The van der Waals surface area contributed by atoms with Crippen molar-refractivity contribution in [2.75, 3.05) is 5.32 Å². The molecule has 0 saturated heterocycles. The molecule has 8 nitrogen and oxygen atoms in total. The normalized spacial score (nSPS) is 14.8. The van der Waals surface area contributed by atoms with Gasteiger partial charge in [-0.2, -0.15) is 5.10 Å². The molecule has 1 unspecified atom stereocenters. The van der Waals surface area contributed by atoms with E-state index in [1.54, 1.807) is 13.0 Å². The highest BCUT2D eigenvalue weighted by atomic mass is 35.5. The summed E-state index contributed by atoms with van der Waals surface area (Å²) >= 11 is 5.75.